The molecule has 0 aliphatic carbocycles. The van der Waals surface area contributed by atoms with Crippen molar-refractivity contribution >= 4 is 58.1 Å². The van der Waals surface area contributed by atoms with Crippen LogP contribution in [-0.2, 0) is 9.53 Å². The van der Waals surface area contributed by atoms with Crippen molar-refractivity contribution in [3.05, 3.63) is 97.2 Å². The van der Waals surface area contributed by atoms with Gasteiger partial charge in [0.15, 0.2) is 17.2 Å². The molecule has 1 aliphatic rings. The van der Waals surface area contributed by atoms with Crippen LogP contribution in [0.3, 0.4) is 0 Å². The Morgan fingerprint density at radius 3 is 2.64 bits per heavy atom. The van der Waals surface area contributed by atoms with Gasteiger partial charge in [0.05, 0.1) is 26.8 Å². The fraction of sp³-hybridized carbons (Fsp3) is 0.0800. The fourth-order valence-corrected chi connectivity index (χ4v) is 4.11. The van der Waals surface area contributed by atoms with Crippen LogP contribution in [0.1, 0.15) is 27.0 Å². The van der Waals surface area contributed by atoms with Crippen LogP contribution in [0, 0.1) is 10.5 Å². The standard InChI is InChI=1S/C25H17ClINO5/c1-14-6-5-7-16(10-14)24(29)32-22-19(27)11-15(13-21(22)31-2)12-20-25(30)33-23(28-20)17-8-3-4-9-18(17)26/h3-13H,1-2H3/b20-12-. The van der Waals surface area contributed by atoms with E-state index in [9.17, 15) is 9.59 Å². The van der Waals surface area contributed by atoms with Gasteiger partial charge < -0.3 is 14.2 Å². The molecular weight excluding hydrogens is 557 g/mol. The highest BCUT2D eigenvalue weighted by Crippen LogP contribution is 2.36. The molecule has 8 heteroatoms. The Balaban J connectivity index is 1.64. The molecule has 0 aromatic heterocycles. The third-order valence-corrected chi connectivity index (χ3v) is 5.86. The number of aryl methyl sites for hydroxylation is 1. The first-order valence-corrected chi connectivity index (χ1v) is 11.2. The molecule has 0 bridgehead atoms. The molecule has 3 aromatic rings. The Labute approximate surface area is 209 Å². The fourth-order valence-electron chi connectivity index (χ4n) is 3.16. The number of nitrogens with zero attached hydrogens (tertiary/aromatic N) is 1. The summed E-state index contributed by atoms with van der Waals surface area (Å²) in [7, 11) is 1.48. The van der Waals surface area contributed by atoms with Crippen molar-refractivity contribution in [2.45, 2.75) is 6.92 Å². The van der Waals surface area contributed by atoms with Crippen LogP contribution in [0.15, 0.2) is 71.4 Å². The van der Waals surface area contributed by atoms with Crippen LogP contribution in [0.4, 0.5) is 0 Å². The van der Waals surface area contributed by atoms with Crippen LogP contribution in [0.25, 0.3) is 6.08 Å². The number of methoxy groups -OCH3 is 1. The molecule has 6 nitrogen and oxygen atoms in total. The second-order valence-electron chi connectivity index (χ2n) is 7.11. The van der Waals surface area contributed by atoms with Crippen molar-refractivity contribution in [2.24, 2.45) is 4.99 Å². The minimum absolute atomic E-state index is 0.118. The molecule has 0 unspecified atom stereocenters. The molecule has 3 aromatic carbocycles. The van der Waals surface area contributed by atoms with Crippen molar-refractivity contribution in [3.8, 4) is 11.5 Å². The van der Waals surface area contributed by atoms with E-state index in [2.05, 4.69) is 4.99 Å². The van der Waals surface area contributed by atoms with Gasteiger partial charge in [-0.2, -0.15) is 0 Å². The molecule has 166 valence electrons. The number of hydrogen-bond acceptors (Lipinski definition) is 6. The Kier molecular flexibility index (Phi) is 6.80. The summed E-state index contributed by atoms with van der Waals surface area (Å²) in [6.45, 7) is 1.90. The zero-order valence-corrected chi connectivity index (χ0v) is 20.5. The van der Waals surface area contributed by atoms with Gasteiger partial charge in [0.25, 0.3) is 0 Å². The number of halogens is 2. The summed E-state index contributed by atoms with van der Waals surface area (Å²) in [5.41, 5.74) is 2.67. The first kappa shape index (κ1) is 23.0. The van der Waals surface area contributed by atoms with E-state index in [-0.39, 0.29) is 11.6 Å². The lowest BCUT2D eigenvalue weighted by atomic mass is 10.1. The van der Waals surface area contributed by atoms with E-state index in [0.717, 1.165) is 5.56 Å². The number of esters is 2. The van der Waals surface area contributed by atoms with Crippen molar-refractivity contribution in [1.82, 2.24) is 0 Å². The summed E-state index contributed by atoms with van der Waals surface area (Å²) >= 11 is 8.23. The molecule has 0 amide bonds. The molecule has 0 saturated carbocycles. The van der Waals surface area contributed by atoms with Gasteiger partial charge in [0.2, 0.25) is 5.90 Å². The van der Waals surface area contributed by atoms with Crippen molar-refractivity contribution in [3.63, 3.8) is 0 Å². The highest BCUT2D eigenvalue weighted by molar-refractivity contribution is 14.1. The Morgan fingerprint density at radius 1 is 1.12 bits per heavy atom. The first-order valence-electron chi connectivity index (χ1n) is 9.79. The van der Waals surface area contributed by atoms with Crippen LogP contribution in [0.5, 0.6) is 11.5 Å². The third-order valence-electron chi connectivity index (χ3n) is 4.73. The number of cyclic esters (lactones) is 1. The van der Waals surface area contributed by atoms with E-state index in [0.29, 0.717) is 36.8 Å². The number of hydrogen-bond donors (Lipinski definition) is 0. The van der Waals surface area contributed by atoms with Crippen molar-refractivity contribution in [2.75, 3.05) is 7.11 Å². The summed E-state index contributed by atoms with van der Waals surface area (Å²) in [6, 6.07) is 17.5. The van der Waals surface area contributed by atoms with Gasteiger partial charge in [-0.1, -0.05) is 41.4 Å². The van der Waals surface area contributed by atoms with Gasteiger partial charge in [-0.25, -0.2) is 14.6 Å². The smallest absolute Gasteiger partial charge is 0.363 e. The molecule has 0 fully saturated rings. The second kappa shape index (κ2) is 9.76. The Bertz CT molecular complexity index is 1330. The van der Waals surface area contributed by atoms with Crippen LogP contribution < -0.4 is 9.47 Å². The van der Waals surface area contributed by atoms with Gasteiger partial charge in [-0.3, -0.25) is 0 Å². The second-order valence-corrected chi connectivity index (χ2v) is 8.68. The highest BCUT2D eigenvalue weighted by Gasteiger charge is 2.26. The van der Waals surface area contributed by atoms with E-state index in [4.69, 9.17) is 25.8 Å². The average molecular weight is 574 g/mol. The minimum Gasteiger partial charge on any atom is -0.493 e. The molecule has 1 heterocycles. The zero-order chi connectivity index (χ0) is 23.5. The van der Waals surface area contributed by atoms with Gasteiger partial charge in [0.1, 0.15) is 0 Å². The number of benzene rings is 3. The maximum Gasteiger partial charge on any atom is 0.363 e. The number of carbonyl (C=O) groups excluding carboxylic acids is 2. The maximum absolute atomic E-state index is 12.6. The van der Waals surface area contributed by atoms with Crippen molar-refractivity contribution in [1.29, 1.82) is 0 Å². The summed E-state index contributed by atoms with van der Waals surface area (Å²) in [4.78, 5) is 29.3. The highest BCUT2D eigenvalue weighted by atomic mass is 127. The number of aliphatic imine (C=N–C) groups is 1. The molecule has 33 heavy (non-hydrogen) atoms. The maximum atomic E-state index is 12.6. The lowest BCUT2D eigenvalue weighted by molar-refractivity contribution is -0.129. The summed E-state index contributed by atoms with van der Waals surface area (Å²) in [5, 5.41) is 0.432. The number of ether oxygens (including phenoxy) is 3. The summed E-state index contributed by atoms with van der Waals surface area (Å²) in [6.07, 6.45) is 1.57. The predicted octanol–water partition coefficient (Wildman–Crippen LogP) is 5.83. The third kappa shape index (κ3) is 5.09. The SMILES string of the molecule is COc1cc(/C=C2\N=C(c3ccccc3Cl)OC2=O)cc(I)c1OC(=O)c1cccc(C)c1. The van der Waals surface area contributed by atoms with E-state index < -0.39 is 11.9 Å². The van der Waals surface area contributed by atoms with E-state index in [1.807, 2.05) is 35.6 Å². The molecule has 0 atom stereocenters. The molecule has 0 saturated heterocycles. The van der Waals surface area contributed by atoms with Crippen molar-refractivity contribution < 1.29 is 23.8 Å². The first-order chi connectivity index (χ1) is 15.9. The monoisotopic (exact) mass is 573 g/mol. The van der Waals surface area contributed by atoms with Crippen LogP contribution >= 0.6 is 34.2 Å². The Morgan fingerprint density at radius 2 is 1.91 bits per heavy atom. The average Bonchev–Trinajstić information content (AvgIpc) is 3.15. The van der Waals surface area contributed by atoms with Crippen LogP contribution in [0.2, 0.25) is 5.02 Å². The van der Waals surface area contributed by atoms with Gasteiger partial charge in [-0.15, -0.1) is 0 Å². The van der Waals surface area contributed by atoms with E-state index in [1.54, 1.807) is 60.7 Å². The van der Waals surface area contributed by atoms with Crippen LogP contribution in [-0.4, -0.2) is 24.9 Å². The zero-order valence-electron chi connectivity index (χ0n) is 17.6. The summed E-state index contributed by atoms with van der Waals surface area (Å²) < 4.78 is 17.0. The molecule has 0 spiro atoms. The largest absolute Gasteiger partial charge is 0.493 e. The number of rotatable bonds is 5. The minimum atomic E-state index is -0.589. The predicted molar refractivity (Wildman–Crippen MR) is 134 cm³/mol. The lowest BCUT2D eigenvalue weighted by Crippen LogP contribution is -2.10. The lowest BCUT2D eigenvalue weighted by Gasteiger charge is -2.12. The Hall–Kier alpha value is -3.17. The van der Waals surface area contributed by atoms with Gasteiger partial charge in [0, 0.05) is 0 Å². The molecule has 4 rings (SSSR count). The molecule has 0 N–H and O–H groups in total. The normalized spacial score (nSPS) is 14.1. The van der Waals surface area contributed by atoms with E-state index in [1.165, 1.54) is 7.11 Å². The topological polar surface area (TPSA) is 74.2 Å². The quantitative estimate of drug-likeness (QED) is 0.166. The van der Waals surface area contributed by atoms with E-state index >= 15 is 0 Å². The van der Waals surface area contributed by atoms with Gasteiger partial charge in [-0.05, 0) is 77.6 Å². The summed E-state index contributed by atoms with van der Waals surface area (Å²) in [5.74, 6) is -0.303. The number of carbonyl (C=O) groups is 2. The molecule has 0 radical (unpaired) electrons. The molecular formula is C25H17ClINO5. The van der Waals surface area contributed by atoms with Gasteiger partial charge >= 0.3 is 11.9 Å². The molecule has 1 aliphatic heterocycles.